The zero-order chi connectivity index (χ0) is 15.6. The fraction of sp³-hybridized carbons (Fsp3) is 0.529. The van der Waals surface area contributed by atoms with Crippen LogP contribution in [-0.4, -0.2) is 26.5 Å². The lowest BCUT2D eigenvalue weighted by molar-refractivity contribution is 0.157. The van der Waals surface area contributed by atoms with Gasteiger partial charge in [-0.05, 0) is 29.9 Å². The molecule has 1 aliphatic rings. The van der Waals surface area contributed by atoms with Crippen molar-refractivity contribution >= 4 is 0 Å². The normalized spacial score (nSPS) is 20.5. The molecule has 0 aliphatic heterocycles. The van der Waals surface area contributed by atoms with Gasteiger partial charge in [-0.25, -0.2) is 9.67 Å². The van der Waals surface area contributed by atoms with E-state index in [0.717, 1.165) is 25.2 Å². The number of nitrogens with one attached hydrogen (secondary N) is 1. The highest BCUT2D eigenvalue weighted by Crippen LogP contribution is 2.36. The van der Waals surface area contributed by atoms with Crippen molar-refractivity contribution in [3.63, 3.8) is 0 Å². The number of rotatable bonds is 6. The Morgan fingerprint density at radius 3 is 2.95 bits per heavy atom. The van der Waals surface area contributed by atoms with E-state index in [0.29, 0.717) is 12.5 Å². The Morgan fingerprint density at radius 2 is 2.18 bits per heavy atom. The van der Waals surface area contributed by atoms with Crippen LogP contribution in [0.3, 0.4) is 0 Å². The molecule has 0 fully saturated rings. The average molecular weight is 300 g/mol. The zero-order valence-corrected chi connectivity index (χ0v) is 13.3. The Hall–Kier alpha value is -1.72. The topological polar surface area (TPSA) is 63.0 Å². The van der Waals surface area contributed by atoms with E-state index in [1.165, 1.54) is 11.1 Å². The second-order valence-corrected chi connectivity index (χ2v) is 6.50. The highest BCUT2D eigenvalue weighted by atomic mass is 16.3. The van der Waals surface area contributed by atoms with Gasteiger partial charge in [-0.15, -0.1) is 0 Å². The van der Waals surface area contributed by atoms with Crippen molar-refractivity contribution in [1.82, 2.24) is 20.1 Å². The molecule has 0 saturated carbocycles. The second-order valence-electron chi connectivity index (χ2n) is 6.50. The summed E-state index contributed by atoms with van der Waals surface area (Å²) in [7, 11) is 0. The molecule has 2 N–H and O–H groups in total. The summed E-state index contributed by atoms with van der Waals surface area (Å²) in [6, 6.07) is 8.36. The van der Waals surface area contributed by atoms with Gasteiger partial charge >= 0.3 is 0 Å². The molecule has 1 aliphatic carbocycles. The lowest BCUT2D eigenvalue weighted by atomic mass is 9.92. The fourth-order valence-corrected chi connectivity index (χ4v) is 3.26. The van der Waals surface area contributed by atoms with Gasteiger partial charge in [0.25, 0.3) is 0 Å². The first-order valence-corrected chi connectivity index (χ1v) is 7.95. The third-order valence-electron chi connectivity index (χ3n) is 4.44. The number of nitrogens with zero attached hydrogens (tertiary/aromatic N) is 3. The van der Waals surface area contributed by atoms with E-state index in [1.807, 2.05) is 10.7 Å². The molecule has 118 valence electrons. The highest BCUT2D eigenvalue weighted by molar-refractivity contribution is 5.38. The summed E-state index contributed by atoms with van der Waals surface area (Å²) in [4.78, 5) is 4.36. The van der Waals surface area contributed by atoms with Crippen molar-refractivity contribution in [3.8, 4) is 0 Å². The number of aryl methyl sites for hydroxylation is 1. The number of benzene rings is 1. The Balaban J connectivity index is 1.77. The van der Waals surface area contributed by atoms with Crippen LogP contribution in [0.2, 0.25) is 0 Å². The van der Waals surface area contributed by atoms with E-state index in [1.54, 1.807) is 6.33 Å². The quantitative estimate of drug-likeness (QED) is 0.855. The minimum Gasteiger partial charge on any atom is -0.394 e. The van der Waals surface area contributed by atoms with Gasteiger partial charge in [0.1, 0.15) is 12.2 Å². The standard InChI is InChI=1S/C17H24N4O/c1-13(2)10-21-16(18-12-20-21)9-19-17(11-22)8-7-14-5-3-4-6-15(14)17/h3-6,12-13,19,22H,7-11H2,1-2H3. The summed E-state index contributed by atoms with van der Waals surface area (Å²) < 4.78 is 1.95. The van der Waals surface area contributed by atoms with E-state index < -0.39 is 0 Å². The Labute approximate surface area is 131 Å². The molecule has 1 unspecified atom stereocenters. The molecule has 1 heterocycles. The fourth-order valence-electron chi connectivity index (χ4n) is 3.26. The minimum absolute atomic E-state index is 0.0995. The number of aromatic nitrogens is 3. The van der Waals surface area contributed by atoms with Gasteiger partial charge in [-0.1, -0.05) is 38.1 Å². The van der Waals surface area contributed by atoms with Gasteiger partial charge < -0.3 is 5.11 Å². The van der Waals surface area contributed by atoms with Crippen LogP contribution in [0, 0.1) is 5.92 Å². The molecule has 0 saturated heterocycles. The van der Waals surface area contributed by atoms with E-state index in [9.17, 15) is 5.11 Å². The van der Waals surface area contributed by atoms with Crippen LogP contribution < -0.4 is 5.32 Å². The van der Waals surface area contributed by atoms with Crippen LogP contribution in [0.15, 0.2) is 30.6 Å². The molecule has 1 aromatic carbocycles. The first-order valence-electron chi connectivity index (χ1n) is 7.95. The molecule has 0 spiro atoms. The van der Waals surface area contributed by atoms with Crippen LogP contribution in [0.4, 0.5) is 0 Å². The number of aliphatic hydroxyl groups excluding tert-OH is 1. The highest BCUT2D eigenvalue weighted by Gasteiger charge is 2.37. The summed E-state index contributed by atoms with van der Waals surface area (Å²) >= 11 is 0. The van der Waals surface area contributed by atoms with Gasteiger partial charge in [-0.3, -0.25) is 5.32 Å². The number of fused-ring (bicyclic) bond motifs is 1. The van der Waals surface area contributed by atoms with Crippen LogP contribution in [0.25, 0.3) is 0 Å². The average Bonchev–Trinajstić information content (AvgIpc) is 3.10. The first kappa shape index (κ1) is 15.2. The molecule has 2 aromatic rings. The van der Waals surface area contributed by atoms with Gasteiger partial charge in [0.2, 0.25) is 0 Å². The first-order chi connectivity index (χ1) is 10.6. The van der Waals surface area contributed by atoms with Crippen molar-refractivity contribution in [2.24, 2.45) is 5.92 Å². The molecule has 5 nitrogen and oxygen atoms in total. The Kier molecular flexibility index (Phi) is 4.27. The van der Waals surface area contributed by atoms with Crippen LogP contribution in [-0.2, 0) is 25.0 Å². The van der Waals surface area contributed by atoms with Crippen molar-refractivity contribution in [2.45, 2.75) is 45.3 Å². The van der Waals surface area contributed by atoms with Crippen molar-refractivity contribution in [2.75, 3.05) is 6.61 Å². The molecule has 0 amide bonds. The van der Waals surface area contributed by atoms with Crippen LogP contribution in [0.5, 0.6) is 0 Å². The number of hydrogen-bond donors (Lipinski definition) is 2. The Bertz CT molecular complexity index is 637. The van der Waals surface area contributed by atoms with Gasteiger partial charge in [0, 0.05) is 6.54 Å². The number of hydrogen-bond acceptors (Lipinski definition) is 4. The van der Waals surface area contributed by atoms with Gasteiger partial charge in [0.15, 0.2) is 0 Å². The van der Waals surface area contributed by atoms with E-state index in [2.05, 4.69) is 47.4 Å². The molecular weight excluding hydrogens is 276 g/mol. The van der Waals surface area contributed by atoms with Crippen LogP contribution in [0.1, 0.15) is 37.2 Å². The molecular formula is C17H24N4O. The maximum absolute atomic E-state index is 10.0. The summed E-state index contributed by atoms with van der Waals surface area (Å²) in [6.07, 6.45) is 3.52. The zero-order valence-electron chi connectivity index (χ0n) is 13.3. The van der Waals surface area contributed by atoms with E-state index >= 15 is 0 Å². The molecule has 0 radical (unpaired) electrons. The predicted molar refractivity (Wildman–Crippen MR) is 85.2 cm³/mol. The van der Waals surface area contributed by atoms with E-state index in [4.69, 9.17) is 0 Å². The summed E-state index contributed by atoms with van der Waals surface area (Å²) in [5, 5.41) is 17.8. The molecule has 0 bridgehead atoms. The van der Waals surface area contributed by atoms with Gasteiger partial charge in [0.05, 0.1) is 18.7 Å². The van der Waals surface area contributed by atoms with Gasteiger partial charge in [-0.2, -0.15) is 5.10 Å². The smallest absolute Gasteiger partial charge is 0.140 e. The van der Waals surface area contributed by atoms with E-state index in [-0.39, 0.29) is 12.1 Å². The largest absolute Gasteiger partial charge is 0.394 e. The second kappa shape index (κ2) is 6.18. The SMILES string of the molecule is CC(C)Cn1ncnc1CNC1(CO)CCc2ccccc21. The molecule has 22 heavy (non-hydrogen) atoms. The van der Waals surface area contributed by atoms with Crippen molar-refractivity contribution in [1.29, 1.82) is 0 Å². The number of aliphatic hydroxyl groups is 1. The maximum Gasteiger partial charge on any atom is 0.140 e. The monoisotopic (exact) mass is 300 g/mol. The third-order valence-corrected chi connectivity index (χ3v) is 4.44. The molecule has 1 atom stereocenters. The lowest BCUT2D eigenvalue weighted by Gasteiger charge is -2.29. The summed E-state index contributed by atoms with van der Waals surface area (Å²) in [5.74, 6) is 1.45. The predicted octanol–water partition coefficient (Wildman–Crippen LogP) is 1.86. The lowest BCUT2D eigenvalue weighted by Crippen LogP contribution is -2.43. The van der Waals surface area contributed by atoms with Crippen LogP contribution >= 0.6 is 0 Å². The van der Waals surface area contributed by atoms with Crippen molar-refractivity contribution < 1.29 is 5.11 Å². The summed E-state index contributed by atoms with van der Waals surface area (Å²) in [6.45, 7) is 5.91. The molecule has 3 rings (SSSR count). The Morgan fingerprint density at radius 1 is 1.36 bits per heavy atom. The maximum atomic E-state index is 10.0. The molecule has 1 aromatic heterocycles. The minimum atomic E-state index is -0.356. The third kappa shape index (κ3) is 2.78. The summed E-state index contributed by atoms with van der Waals surface area (Å²) in [5.41, 5.74) is 2.19. The molecule has 5 heteroatoms. The van der Waals surface area contributed by atoms with Crippen molar-refractivity contribution in [3.05, 3.63) is 47.5 Å².